The standard InChI is InChI=1S/C40H26N2S/c1-3-17-33-30(14-1)31-15-2-4-18-34(31)39-38(33)41-24-36(42-39)28-13-8-11-26(23-28)25-10-7-12-27(22-25)29-19-9-20-35-32-16-5-6-21-37(32)43-40(29)35/h1-3,5-17,19-24H,4,18H2. The van der Waals surface area contributed by atoms with Crippen LogP contribution >= 0.6 is 11.3 Å². The minimum atomic E-state index is 0.910. The maximum Gasteiger partial charge on any atom is 0.0968 e. The molecule has 1 aliphatic carbocycles. The van der Waals surface area contributed by atoms with E-state index in [4.69, 9.17) is 9.97 Å². The van der Waals surface area contributed by atoms with Crippen molar-refractivity contribution in [2.24, 2.45) is 0 Å². The number of hydrogen-bond acceptors (Lipinski definition) is 3. The van der Waals surface area contributed by atoms with Gasteiger partial charge in [-0.3, -0.25) is 4.98 Å². The van der Waals surface area contributed by atoms with Gasteiger partial charge in [-0.25, -0.2) is 4.98 Å². The molecule has 0 radical (unpaired) electrons. The molecule has 0 unspecified atom stereocenters. The molecule has 9 rings (SSSR count). The van der Waals surface area contributed by atoms with Crippen LogP contribution in [0.15, 0.2) is 128 Å². The summed E-state index contributed by atoms with van der Waals surface area (Å²) in [6.07, 6.45) is 8.51. The van der Waals surface area contributed by atoms with Gasteiger partial charge in [0, 0.05) is 31.1 Å². The highest BCUT2D eigenvalue weighted by Crippen LogP contribution is 2.41. The lowest BCUT2D eigenvalue weighted by Gasteiger charge is -2.17. The van der Waals surface area contributed by atoms with Gasteiger partial charge >= 0.3 is 0 Å². The second-order valence-corrected chi connectivity index (χ2v) is 12.3. The number of fused-ring (bicyclic) bond motifs is 9. The maximum absolute atomic E-state index is 5.27. The van der Waals surface area contributed by atoms with Crippen LogP contribution in [0.1, 0.15) is 17.5 Å². The number of nitrogens with zero attached hydrogens (tertiary/aromatic N) is 2. The Morgan fingerprint density at radius 1 is 0.581 bits per heavy atom. The molecule has 0 saturated heterocycles. The Morgan fingerprint density at radius 2 is 1.28 bits per heavy atom. The predicted molar refractivity (Wildman–Crippen MR) is 184 cm³/mol. The third-order valence-electron chi connectivity index (χ3n) is 8.77. The van der Waals surface area contributed by atoms with Gasteiger partial charge in [0.05, 0.1) is 22.9 Å². The van der Waals surface area contributed by atoms with Gasteiger partial charge in [0.25, 0.3) is 0 Å². The van der Waals surface area contributed by atoms with E-state index in [9.17, 15) is 0 Å². The average Bonchev–Trinajstić information content (AvgIpc) is 3.47. The molecule has 6 aromatic carbocycles. The van der Waals surface area contributed by atoms with Crippen molar-refractivity contribution in [3.63, 3.8) is 0 Å². The highest BCUT2D eigenvalue weighted by Gasteiger charge is 2.18. The van der Waals surface area contributed by atoms with Crippen LogP contribution < -0.4 is 0 Å². The lowest BCUT2D eigenvalue weighted by Crippen LogP contribution is -2.01. The molecule has 0 aliphatic heterocycles. The number of allylic oxidation sites excluding steroid dienone is 1. The first-order valence-electron chi connectivity index (χ1n) is 14.8. The molecule has 0 saturated carbocycles. The minimum Gasteiger partial charge on any atom is -0.252 e. The van der Waals surface area contributed by atoms with Crippen LogP contribution in [0.3, 0.4) is 0 Å². The molecule has 2 aromatic heterocycles. The highest BCUT2D eigenvalue weighted by atomic mass is 32.1. The van der Waals surface area contributed by atoms with Crippen molar-refractivity contribution in [3.8, 4) is 33.5 Å². The van der Waals surface area contributed by atoms with E-state index >= 15 is 0 Å². The van der Waals surface area contributed by atoms with Gasteiger partial charge in [-0.2, -0.15) is 0 Å². The summed E-state index contributed by atoms with van der Waals surface area (Å²) in [5.74, 6) is 0. The van der Waals surface area contributed by atoms with Crippen molar-refractivity contribution in [1.29, 1.82) is 0 Å². The molecule has 43 heavy (non-hydrogen) atoms. The Balaban J connectivity index is 1.15. The second kappa shape index (κ2) is 9.72. The quantitative estimate of drug-likeness (QED) is 0.199. The van der Waals surface area contributed by atoms with Crippen LogP contribution in [0.4, 0.5) is 0 Å². The SMILES string of the molecule is C1=Cc2c(c3nc(-c4cccc(-c5cccc(-c6cccc7c6sc6ccccc67)c5)c4)cnc3c3ccccc23)CC1. The Kier molecular flexibility index (Phi) is 5.53. The van der Waals surface area contributed by atoms with E-state index < -0.39 is 0 Å². The summed E-state index contributed by atoms with van der Waals surface area (Å²) >= 11 is 1.88. The number of thiophene rings is 1. The van der Waals surface area contributed by atoms with E-state index in [-0.39, 0.29) is 0 Å². The molecule has 202 valence electrons. The van der Waals surface area contributed by atoms with Crippen molar-refractivity contribution >= 4 is 59.4 Å². The van der Waals surface area contributed by atoms with Crippen molar-refractivity contribution in [2.75, 3.05) is 0 Å². The normalized spacial score (nSPS) is 12.8. The highest BCUT2D eigenvalue weighted by molar-refractivity contribution is 7.26. The lowest BCUT2D eigenvalue weighted by molar-refractivity contribution is 0.994. The minimum absolute atomic E-state index is 0.910. The van der Waals surface area contributed by atoms with Gasteiger partial charge in [0.1, 0.15) is 0 Å². The van der Waals surface area contributed by atoms with Gasteiger partial charge < -0.3 is 0 Å². The maximum atomic E-state index is 5.27. The molecule has 2 heterocycles. The van der Waals surface area contributed by atoms with Crippen molar-refractivity contribution in [3.05, 3.63) is 139 Å². The van der Waals surface area contributed by atoms with Crippen LogP contribution in [-0.2, 0) is 6.42 Å². The van der Waals surface area contributed by atoms with E-state index in [1.54, 1.807) is 0 Å². The summed E-state index contributed by atoms with van der Waals surface area (Å²) in [7, 11) is 0. The average molecular weight is 567 g/mol. The van der Waals surface area contributed by atoms with Crippen LogP contribution in [-0.4, -0.2) is 9.97 Å². The molecule has 0 fully saturated rings. The molecular weight excluding hydrogens is 541 g/mol. The van der Waals surface area contributed by atoms with E-state index in [1.165, 1.54) is 64.3 Å². The topological polar surface area (TPSA) is 25.8 Å². The summed E-state index contributed by atoms with van der Waals surface area (Å²) in [5, 5.41) is 5.08. The van der Waals surface area contributed by atoms with Crippen molar-refractivity contribution in [2.45, 2.75) is 12.8 Å². The van der Waals surface area contributed by atoms with Gasteiger partial charge in [-0.1, -0.05) is 109 Å². The molecule has 0 atom stereocenters. The molecule has 0 bridgehead atoms. The Bertz CT molecular complexity index is 2410. The van der Waals surface area contributed by atoms with Gasteiger partial charge in [-0.05, 0) is 69.8 Å². The molecule has 1 aliphatic rings. The van der Waals surface area contributed by atoms with Gasteiger partial charge in [0.2, 0.25) is 0 Å². The van der Waals surface area contributed by atoms with Gasteiger partial charge in [-0.15, -0.1) is 11.3 Å². The Labute approximate surface area is 253 Å². The largest absolute Gasteiger partial charge is 0.252 e. The molecule has 0 amide bonds. The summed E-state index contributed by atoms with van der Waals surface area (Å²) in [5.41, 5.74) is 11.5. The zero-order chi connectivity index (χ0) is 28.3. The first kappa shape index (κ1) is 24.5. The number of hydrogen-bond donors (Lipinski definition) is 0. The summed E-state index contributed by atoms with van der Waals surface area (Å²) in [6.45, 7) is 0. The first-order chi connectivity index (χ1) is 21.3. The van der Waals surface area contributed by atoms with Crippen LogP contribution in [0.25, 0.3) is 81.6 Å². The molecule has 3 heteroatoms. The van der Waals surface area contributed by atoms with E-state index in [2.05, 4.69) is 127 Å². The lowest BCUT2D eigenvalue weighted by atomic mass is 9.90. The van der Waals surface area contributed by atoms with E-state index in [1.807, 2.05) is 17.5 Å². The summed E-state index contributed by atoms with van der Waals surface area (Å²) in [6, 6.07) is 41.6. The molecule has 2 nitrogen and oxygen atoms in total. The molecular formula is C40H26N2S. The number of rotatable bonds is 3. The van der Waals surface area contributed by atoms with Crippen LogP contribution in [0.2, 0.25) is 0 Å². The fourth-order valence-corrected chi connectivity index (χ4v) is 7.96. The third-order valence-corrected chi connectivity index (χ3v) is 9.99. The second-order valence-electron chi connectivity index (χ2n) is 11.3. The van der Waals surface area contributed by atoms with E-state index in [0.717, 1.165) is 35.1 Å². The fraction of sp³-hybridized carbons (Fsp3) is 0.0500. The summed E-state index contributed by atoms with van der Waals surface area (Å²) < 4.78 is 2.67. The smallest absolute Gasteiger partial charge is 0.0968 e. The van der Waals surface area contributed by atoms with Gasteiger partial charge in [0.15, 0.2) is 0 Å². The number of aromatic nitrogens is 2. The first-order valence-corrected chi connectivity index (χ1v) is 15.6. The summed E-state index contributed by atoms with van der Waals surface area (Å²) in [4.78, 5) is 10.3. The Hall–Kier alpha value is -5.12. The number of benzene rings is 6. The van der Waals surface area contributed by atoms with Crippen molar-refractivity contribution in [1.82, 2.24) is 9.97 Å². The predicted octanol–water partition coefficient (Wildman–Crippen LogP) is 11.1. The van der Waals surface area contributed by atoms with Crippen molar-refractivity contribution < 1.29 is 0 Å². The number of aryl methyl sites for hydroxylation is 1. The van der Waals surface area contributed by atoms with Crippen LogP contribution in [0.5, 0.6) is 0 Å². The molecule has 8 aromatic rings. The zero-order valence-electron chi connectivity index (χ0n) is 23.4. The fourth-order valence-electron chi connectivity index (χ4n) is 6.72. The Morgan fingerprint density at radius 3 is 2.16 bits per heavy atom. The molecule has 0 spiro atoms. The molecule has 0 N–H and O–H groups in total. The third kappa shape index (κ3) is 3.93. The monoisotopic (exact) mass is 566 g/mol. The zero-order valence-corrected chi connectivity index (χ0v) is 24.2. The van der Waals surface area contributed by atoms with E-state index in [0.29, 0.717) is 0 Å². The van der Waals surface area contributed by atoms with Crippen LogP contribution in [0, 0.1) is 0 Å².